The van der Waals surface area contributed by atoms with E-state index in [4.69, 9.17) is 24.3 Å². The van der Waals surface area contributed by atoms with Crippen LogP contribution in [0.4, 0.5) is 20.3 Å². The monoisotopic (exact) mass is 562 g/mol. The van der Waals surface area contributed by atoms with Crippen LogP contribution in [0.15, 0.2) is 61.1 Å². The fourth-order valence-corrected chi connectivity index (χ4v) is 4.27. The molecule has 0 unspecified atom stereocenters. The molecular weight excluding hydrogens is 534 g/mol. The number of hydrogen-bond donors (Lipinski definition) is 3. The lowest BCUT2D eigenvalue weighted by molar-refractivity contribution is 0.0705. The number of H-pyrrole nitrogens is 1. The van der Waals surface area contributed by atoms with Crippen molar-refractivity contribution < 1.29 is 28.1 Å². The van der Waals surface area contributed by atoms with Crippen LogP contribution in [0.25, 0.3) is 22.4 Å². The van der Waals surface area contributed by atoms with Crippen molar-refractivity contribution in [3.63, 3.8) is 0 Å². The van der Waals surface area contributed by atoms with E-state index < -0.39 is 11.6 Å². The number of nitrogens with one attached hydrogen (secondary N) is 2. The van der Waals surface area contributed by atoms with Gasteiger partial charge in [0.05, 0.1) is 38.1 Å². The molecule has 0 aliphatic carbocycles. The van der Waals surface area contributed by atoms with Gasteiger partial charge in [-0.05, 0) is 30.7 Å². The van der Waals surface area contributed by atoms with Gasteiger partial charge >= 0.3 is 0 Å². The summed E-state index contributed by atoms with van der Waals surface area (Å²) in [5, 5.41) is 20.2. The van der Waals surface area contributed by atoms with Gasteiger partial charge in [0, 0.05) is 47.6 Å². The van der Waals surface area contributed by atoms with Gasteiger partial charge < -0.3 is 24.6 Å². The Morgan fingerprint density at radius 3 is 2.56 bits per heavy atom. The highest BCUT2D eigenvalue weighted by atomic mass is 19.1. The van der Waals surface area contributed by atoms with Crippen LogP contribution in [-0.2, 0) is 11.2 Å². The van der Waals surface area contributed by atoms with Gasteiger partial charge in [-0.1, -0.05) is 12.1 Å². The zero-order valence-corrected chi connectivity index (χ0v) is 22.2. The predicted molar refractivity (Wildman–Crippen MR) is 148 cm³/mol. The Hall–Kier alpha value is -4.68. The second-order valence-corrected chi connectivity index (χ2v) is 8.84. The lowest BCUT2D eigenvalue weighted by Crippen LogP contribution is -2.11. The Bertz CT molecular complexity index is 1590. The number of halogens is 2. The largest absolute Gasteiger partial charge is 0.494 e. The molecule has 212 valence electrons. The minimum absolute atomic E-state index is 0.0227. The highest BCUT2D eigenvalue weighted by Gasteiger charge is 2.20. The summed E-state index contributed by atoms with van der Waals surface area (Å²) in [6, 6.07) is 11.3. The average molecular weight is 563 g/mol. The van der Waals surface area contributed by atoms with E-state index in [-0.39, 0.29) is 50.0 Å². The molecule has 0 atom stereocenters. The third-order valence-corrected chi connectivity index (χ3v) is 6.10. The molecule has 0 saturated heterocycles. The molecule has 0 bridgehead atoms. The van der Waals surface area contributed by atoms with Crippen molar-refractivity contribution >= 4 is 22.4 Å². The van der Waals surface area contributed by atoms with Gasteiger partial charge in [-0.2, -0.15) is 5.10 Å². The van der Waals surface area contributed by atoms with Crippen molar-refractivity contribution in [2.45, 2.75) is 13.3 Å². The Morgan fingerprint density at radius 2 is 1.80 bits per heavy atom. The zero-order chi connectivity index (χ0) is 28.6. The molecule has 41 heavy (non-hydrogen) atoms. The fourth-order valence-electron chi connectivity index (χ4n) is 4.27. The maximum atomic E-state index is 14.9. The molecule has 0 spiro atoms. The van der Waals surface area contributed by atoms with E-state index in [1.807, 2.05) is 6.07 Å². The Balaban J connectivity index is 1.50. The van der Waals surface area contributed by atoms with Gasteiger partial charge in [-0.3, -0.25) is 10.1 Å². The van der Waals surface area contributed by atoms with Crippen LogP contribution in [0.3, 0.4) is 0 Å². The van der Waals surface area contributed by atoms with Crippen LogP contribution >= 0.6 is 0 Å². The molecule has 0 fully saturated rings. The standard InChI is InChI=1S/C29H28F2N6O4/c1-2-40-20-15-22(30)21(23(31)16-20)14-18-4-3-5-24-26(18)27(37-36-24)29-33-17-25(41-13-12-39-11-10-38)28(35-29)34-19-6-8-32-9-7-19/h3-9,15-17,38H,2,10-14H2,1H3,(H,36,37)(H,32,33,34,35). The molecular formula is C29H28F2N6O4. The SMILES string of the molecule is CCOc1cc(F)c(Cc2cccc3[nH]nc(-c4ncc(OCCOCCO)c(Nc5ccncc5)n4)c23)c(F)c1. The van der Waals surface area contributed by atoms with E-state index in [1.165, 1.54) is 18.3 Å². The minimum Gasteiger partial charge on any atom is -0.494 e. The van der Waals surface area contributed by atoms with Crippen LogP contribution in [-0.4, -0.2) is 63.3 Å². The Labute approximate surface area is 234 Å². The number of rotatable bonds is 13. The molecule has 0 aliphatic heterocycles. The first-order valence-electron chi connectivity index (χ1n) is 13.0. The van der Waals surface area contributed by atoms with E-state index in [9.17, 15) is 8.78 Å². The topological polar surface area (TPSA) is 127 Å². The summed E-state index contributed by atoms with van der Waals surface area (Å²) < 4.78 is 46.2. The first-order valence-corrected chi connectivity index (χ1v) is 13.0. The molecule has 0 radical (unpaired) electrons. The summed E-state index contributed by atoms with van der Waals surface area (Å²) in [4.78, 5) is 13.2. The van der Waals surface area contributed by atoms with Crippen molar-refractivity contribution in [1.82, 2.24) is 25.1 Å². The minimum atomic E-state index is -0.694. The van der Waals surface area contributed by atoms with Gasteiger partial charge in [0.15, 0.2) is 17.4 Å². The van der Waals surface area contributed by atoms with E-state index >= 15 is 0 Å². The van der Waals surface area contributed by atoms with Crippen LogP contribution in [0.2, 0.25) is 0 Å². The molecule has 3 heterocycles. The number of aromatic nitrogens is 5. The molecule has 0 aliphatic rings. The van der Waals surface area contributed by atoms with Gasteiger partial charge in [0.25, 0.3) is 0 Å². The second kappa shape index (κ2) is 13.1. The number of anilines is 2. The molecule has 5 aromatic rings. The quantitative estimate of drug-likeness (QED) is 0.173. The summed E-state index contributed by atoms with van der Waals surface area (Å²) in [5.74, 6) is -0.229. The zero-order valence-electron chi connectivity index (χ0n) is 22.2. The van der Waals surface area contributed by atoms with Crippen molar-refractivity contribution in [3.8, 4) is 23.0 Å². The lowest BCUT2D eigenvalue weighted by Gasteiger charge is -2.13. The van der Waals surface area contributed by atoms with Crippen molar-refractivity contribution in [3.05, 3.63) is 83.8 Å². The first-order chi connectivity index (χ1) is 20.1. The number of aliphatic hydroxyl groups excluding tert-OH is 1. The fraction of sp³-hybridized carbons (Fsp3) is 0.241. The number of fused-ring (bicyclic) bond motifs is 1. The maximum Gasteiger partial charge on any atom is 0.183 e. The van der Waals surface area contributed by atoms with Gasteiger partial charge in [0.1, 0.15) is 29.7 Å². The molecule has 2 aromatic carbocycles. The highest BCUT2D eigenvalue weighted by molar-refractivity contribution is 5.94. The molecule has 0 saturated carbocycles. The number of pyridine rings is 1. The average Bonchev–Trinajstić information content (AvgIpc) is 3.41. The second-order valence-electron chi connectivity index (χ2n) is 8.84. The van der Waals surface area contributed by atoms with Crippen molar-refractivity contribution in [2.75, 3.05) is 38.4 Å². The lowest BCUT2D eigenvalue weighted by atomic mass is 9.99. The summed E-state index contributed by atoms with van der Waals surface area (Å²) in [5.41, 5.74) is 2.36. The van der Waals surface area contributed by atoms with Crippen LogP contribution in [0.1, 0.15) is 18.1 Å². The van der Waals surface area contributed by atoms with E-state index in [2.05, 4.69) is 25.5 Å². The Morgan fingerprint density at radius 1 is 1.00 bits per heavy atom. The number of nitrogens with zero attached hydrogens (tertiary/aromatic N) is 4. The van der Waals surface area contributed by atoms with E-state index in [0.717, 1.165) is 5.69 Å². The third kappa shape index (κ3) is 6.56. The van der Waals surface area contributed by atoms with Crippen LogP contribution in [0.5, 0.6) is 11.5 Å². The van der Waals surface area contributed by atoms with Gasteiger partial charge in [0.2, 0.25) is 0 Å². The summed E-state index contributed by atoms with van der Waals surface area (Å²) in [6.07, 6.45) is 4.78. The molecule has 10 nitrogen and oxygen atoms in total. The molecule has 12 heteroatoms. The van der Waals surface area contributed by atoms with Crippen molar-refractivity contribution in [2.24, 2.45) is 0 Å². The number of hydrogen-bond acceptors (Lipinski definition) is 9. The van der Waals surface area contributed by atoms with E-state index in [0.29, 0.717) is 40.3 Å². The summed E-state index contributed by atoms with van der Waals surface area (Å²) in [7, 11) is 0. The van der Waals surface area contributed by atoms with Crippen LogP contribution < -0.4 is 14.8 Å². The predicted octanol–water partition coefficient (Wildman–Crippen LogP) is 4.81. The smallest absolute Gasteiger partial charge is 0.183 e. The molecule has 3 N–H and O–H groups in total. The molecule has 3 aromatic heterocycles. The normalized spacial score (nSPS) is 11.1. The highest BCUT2D eigenvalue weighted by Crippen LogP contribution is 2.33. The van der Waals surface area contributed by atoms with Gasteiger partial charge in [-0.25, -0.2) is 18.7 Å². The maximum absolute atomic E-state index is 14.9. The Kier molecular flexibility index (Phi) is 8.92. The van der Waals surface area contributed by atoms with Gasteiger partial charge in [-0.15, -0.1) is 0 Å². The number of benzene rings is 2. The number of ether oxygens (including phenoxy) is 3. The van der Waals surface area contributed by atoms with E-state index in [1.54, 1.807) is 43.6 Å². The molecule has 5 rings (SSSR count). The third-order valence-electron chi connectivity index (χ3n) is 6.10. The van der Waals surface area contributed by atoms with Crippen molar-refractivity contribution in [1.29, 1.82) is 0 Å². The first kappa shape index (κ1) is 27.9. The summed E-state index contributed by atoms with van der Waals surface area (Å²) in [6.45, 7) is 2.65. The summed E-state index contributed by atoms with van der Waals surface area (Å²) >= 11 is 0. The molecule has 0 amide bonds. The van der Waals surface area contributed by atoms with Crippen LogP contribution in [0, 0.1) is 11.6 Å². The number of aliphatic hydroxyl groups is 1. The number of aromatic amines is 1.